The Bertz CT molecular complexity index is 522. The first-order chi connectivity index (χ1) is 8.08. The molecule has 0 aliphatic rings. The fourth-order valence-corrected chi connectivity index (χ4v) is 1.95. The Morgan fingerprint density at radius 1 is 1.47 bits per heavy atom. The number of aryl methyl sites for hydroxylation is 1. The molecule has 0 aliphatic carbocycles. The van der Waals surface area contributed by atoms with Crippen LogP contribution in [0, 0.1) is 0 Å². The topological polar surface area (TPSA) is 60.0 Å². The fraction of sp³-hybridized carbons (Fsp3) is 0.273. The molecule has 90 valence electrons. The molecule has 2 aromatic rings. The van der Waals surface area contributed by atoms with Crippen LogP contribution < -0.4 is 10.6 Å². The van der Waals surface area contributed by atoms with Crippen LogP contribution in [0.3, 0.4) is 0 Å². The molecule has 17 heavy (non-hydrogen) atoms. The highest BCUT2D eigenvalue weighted by Crippen LogP contribution is 2.23. The van der Waals surface area contributed by atoms with E-state index in [9.17, 15) is 0 Å². The number of aromatic nitrogens is 3. The molecule has 0 spiro atoms. The van der Waals surface area contributed by atoms with Gasteiger partial charge in [-0.2, -0.15) is 0 Å². The Morgan fingerprint density at radius 3 is 2.82 bits per heavy atom. The van der Waals surface area contributed by atoms with Gasteiger partial charge in [-0.25, -0.2) is 9.97 Å². The van der Waals surface area contributed by atoms with Crippen LogP contribution >= 0.6 is 15.9 Å². The minimum atomic E-state index is 0.649. The molecule has 0 aromatic carbocycles. The van der Waals surface area contributed by atoms with Crippen molar-refractivity contribution in [3.8, 4) is 0 Å². The van der Waals surface area contributed by atoms with Gasteiger partial charge in [-0.3, -0.25) is 0 Å². The maximum atomic E-state index is 5.93. The first-order valence-electron chi connectivity index (χ1n) is 5.16. The molecule has 0 radical (unpaired) electrons. The van der Waals surface area contributed by atoms with Crippen molar-refractivity contribution in [3.63, 3.8) is 0 Å². The van der Waals surface area contributed by atoms with Gasteiger partial charge >= 0.3 is 0 Å². The van der Waals surface area contributed by atoms with E-state index in [2.05, 4.69) is 25.9 Å². The van der Waals surface area contributed by atoms with Crippen LogP contribution in [-0.4, -0.2) is 21.6 Å². The van der Waals surface area contributed by atoms with Crippen molar-refractivity contribution >= 4 is 27.4 Å². The molecule has 6 heteroatoms. The maximum absolute atomic E-state index is 5.93. The molecular weight excluding hydrogens is 282 g/mol. The molecule has 2 rings (SSSR count). The zero-order valence-electron chi connectivity index (χ0n) is 9.76. The summed E-state index contributed by atoms with van der Waals surface area (Å²) in [5.41, 5.74) is 6.58. The zero-order chi connectivity index (χ0) is 12.4. The van der Waals surface area contributed by atoms with Crippen molar-refractivity contribution in [3.05, 3.63) is 35.0 Å². The van der Waals surface area contributed by atoms with Crippen LogP contribution in [0.1, 0.15) is 5.82 Å². The van der Waals surface area contributed by atoms with Crippen LogP contribution in [-0.2, 0) is 13.6 Å². The second-order valence-electron chi connectivity index (χ2n) is 3.88. The Morgan fingerprint density at radius 2 is 2.24 bits per heavy atom. The third-order valence-corrected chi connectivity index (χ3v) is 2.96. The lowest BCUT2D eigenvalue weighted by Crippen LogP contribution is -2.21. The Labute approximate surface area is 108 Å². The summed E-state index contributed by atoms with van der Waals surface area (Å²) in [6.07, 6.45) is 5.43. The second kappa shape index (κ2) is 4.75. The first-order valence-corrected chi connectivity index (χ1v) is 5.95. The van der Waals surface area contributed by atoms with E-state index >= 15 is 0 Å². The normalized spacial score (nSPS) is 10.5. The predicted octanol–water partition coefficient (Wildman–Crippen LogP) is 1.80. The summed E-state index contributed by atoms with van der Waals surface area (Å²) in [4.78, 5) is 10.6. The van der Waals surface area contributed by atoms with Gasteiger partial charge in [-0.05, 0) is 22.0 Å². The molecule has 2 heterocycles. The largest absolute Gasteiger partial charge is 0.396 e. The second-order valence-corrected chi connectivity index (χ2v) is 4.79. The molecule has 2 aromatic heterocycles. The van der Waals surface area contributed by atoms with Crippen molar-refractivity contribution < 1.29 is 0 Å². The third-order valence-electron chi connectivity index (χ3n) is 2.52. The number of nitrogens with two attached hydrogens (primary N) is 1. The number of halogens is 1. The molecule has 0 atom stereocenters. The average molecular weight is 296 g/mol. The standard InChI is InChI=1S/C11H14BrN5/c1-16-4-3-14-10(16)7-17(2)11-9(13)5-8(12)6-15-11/h3-6H,7,13H2,1-2H3. The SMILES string of the molecule is CN(Cc1nccn1C)c1ncc(Br)cc1N. The summed E-state index contributed by atoms with van der Waals surface area (Å²) < 4.78 is 2.86. The number of hydrogen-bond acceptors (Lipinski definition) is 4. The number of anilines is 2. The quantitative estimate of drug-likeness (QED) is 0.938. The number of nitrogen functional groups attached to an aromatic ring is 1. The van der Waals surface area contributed by atoms with Gasteiger partial charge < -0.3 is 15.2 Å². The highest BCUT2D eigenvalue weighted by molar-refractivity contribution is 9.10. The van der Waals surface area contributed by atoms with Gasteiger partial charge in [0.25, 0.3) is 0 Å². The molecule has 0 saturated carbocycles. The number of rotatable bonds is 3. The molecule has 0 bridgehead atoms. The lowest BCUT2D eigenvalue weighted by molar-refractivity contribution is 0.756. The van der Waals surface area contributed by atoms with Crippen LogP contribution in [0.4, 0.5) is 11.5 Å². The lowest BCUT2D eigenvalue weighted by Gasteiger charge is -2.19. The van der Waals surface area contributed by atoms with E-state index in [4.69, 9.17) is 5.73 Å². The Hall–Kier alpha value is -1.56. The monoisotopic (exact) mass is 295 g/mol. The highest BCUT2D eigenvalue weighted by Gasteiger charge is 2.10. The number of nitrogens with zero attached hydrogens (tertiary/aromatic N) is 4. The minimum absolute atomic E-state index is 0.649. The molecular formula is C11H14BrN5. The van der Waals surface area contributed by atoms with Gasteiger partial charge in [0.2, 0.25) is 0 Å². The molecule has 0 aliphatic heterocycles. The number of hydrogen-bond donors (Lipinski definition) is 1. The van der Waals surface area contributed by atoms with Gasteiger partial charge in [0.1, 0.15) is 5.82 Å². The van der Waals surface area contributed by atoms with E-state index in [1.54, 1.807) is 12.4 Å². The van der Waals surface area contributed by atoms with Crippen molar-refractivity contribution in [2.75, 3.05) is 17.7 Å². The Kier molecular flexibility index (Phi) is 3.33. The summed E-state index contributed by atoms with van der Waals surface area (Å²) in [6, 6.07) is 1.84. The summed E-state index contributed by atoms with van der Waals surface area (Å²) in [6.45, 7) is 0.669. The van der Waals surface area contributed by atoms with Crippen LogP contribution in [0.15, 0.2) is 29.1 Å². The predicted molar refractivity (Wildman–Crippen MR) is 71.7 cm³/mol. The molecule has 0 amide bonds. The summed E-state index contributed by atoms with van der Waals surface area (Å²) in [5.74, 6) is 1.73. The van der Waals surface area contributed by atoms with Gasteiger partial charge in [-0.15, -0.1) is 0 Å². The average Bonchev–Trinajstić information content (AvgIpc) is 2.64. The van der Waals surface area contributed by atoms with E-state index < -0.39 is 0 Å². The van der Waals surface area contributed by atoms with E-state index in [0.29, 0.717) is 12.2 Å². The number of pyridine rings is 1. The van der Waals surface area contributed by atoms with Crippen molar-refractivity contribution in [1.82, 2.24) is 14.5 Å². The van der Waals surface area contributed by atoms with E-state index in [0.717, 1.165) is 16.1 Å². The fourth-order valence-electron chi connectivity index (χ4n) is 1.60. The first kappa shape index (κ1) is 11.9. The highest BCUT2D eigenvalue weighted by atomic mass is 79.9. The van der Waals surface area contributed by atoms with Gasteiger partial charge in [0.15, 0.2) is 5.82 Å². The van der Waals surface area contributed by atoms with Crippen molar-refractivity contribution in [2.24, 2.45) is 7.05 Å². The molecule has 5 nitrogen and oxygen atoms in total. The maximum Gasteiger partial charge on any atom is 0.151 e. The van der Waals surface area contributed by atoms with Gasteiger partial charge in [0.05, 0.1) is 12.2 Å². The van der Waals surface area contributed by atoms with Gasteiger partial charge in [0, 0.05) is 37.2 Å². The molecule has 0 unspecified atom stereocenters. The van der Waals surface area contributed by atoms with Crippen LogP contribution in [0.25, 0.3) is 0 Å². The van der Waals surface area contributed by atoms with Crippen LogP contribution in [0.5, 0.6) is 0 Å². The third kappa shape index (κ3) is 2.58. The Balaban J connectivity index is 2.20. The zero-order valence-corrected chi connectivity index (χ0v) is 11.3. The lowest BCUT2D eigenvalue weighted by atomic mass is 10.3. The van der Waals surface area contributed by atoms with E-state index in [1.807, 2.05) is 35.8 Å². The van der Waals surface area contributed by atoms with Crippen molar-refractivity contribution in [1.29, 1.82) is 0 Å². The summed E-state index contributed by atoms with van der Waals surface area (Å²) in [7, 11) is 3.91. The molecule has 2 N–H and O–H groups in total. The van der Waals surface area contributed by atoms with Gasteiger partial charge in [-0.1, -0.05) is 0 Å². The van der Waals surface area contributed by atoms with E-state index in [-0.39, 0.29) is 0 Å². The number of imidazole rings is 1. The van der Waals surface area contributed by atoms with Crippen molar-refractivity contribution in [2.45, 2.75) is 6.54 Å². The van der Waals surface area contributed by atoms with Crippen LogP contribution in [0.2, 0.25) is 0 Å². The summed E-state index contributed by atoms with van der Waals surface area (Å²) >= 11 is 3.34. The summed E-state index contributed by atoms with van der Waals surface area (Å²) in [5, 5.41) is 0. The molecule has 0 saturated heterocycles. The minimum Gasteiger partial charge on any atom is -0.396 e. The smallest absolute Gasteiger partial charge is 0.151 e. The van der Waals surface area contributed by atoms with E-state index in [1.165, 1.54) is 0 Å². The molecule has 0 fully saturated rings.